The number of piperidine rings is 1. The van der Waals surface area contributed by atoms with E-state index in [2.05, 4.69) is 17.1 Å². The maximum absolute atomic E-state index is 12.2. The first-order chi connectivity index (χ1) is 10.9. The van der Waals surface area contributed by atoms with Crippen molar-refractivity contribution in [1.29, 1.82) is 0 Å². The highest BCUT2D eigenvalue weighted by Gasteiger charge is 2.20. The minimum absolute atomic E-state index is 0. The van der Waals surface area contributed by atoms with E-state index in [1.807, 2.05) is 12.1 Å². The van der Waals surface area contributed by atoms with Gasteiger partial charge < -0.3 is 5.32 Å². The summed E-state index contributed by atoms with van der Waals surface area (Å²) in [5, 5.41) is 3.43. The van der Waals surface area contributed by atoms with Crippen LogP contribution in [0.25, 0.3) is 0 Å². The Morgan fingerprint density at radius 3 is 2.50 bits per heavy atom. The largest absolute Gasteiger partial charge is 0.317 e. The van der Waals surface area contributed by atoms with Crippen molar-refractivity contribution in [3.05, 3.63) is 29.8 Å². The number of sulfonamides is 1. The lowest BCUT2D eigenvalue weighted by Gasteiger charge is -2.32. The molecular weight excluding hydrogens is 346 g/mol. The molecule has 1 heterocycles. The molecule has 1 aliphatic heterocycles. The van der Waals surface area contributed by atoms with Crippen LogP contribution in [0.2, 0.25) is 0 Å². The van der Waals surface area contributed by atoms with Gasteiger partial charge in [0.25, 0.3) is 0 Å². The maximum atomic E-state index is 12.2. The minimum atomic E-state index is -3.35. The van der Waals surface area contributed by atoms with Gasteiger partial charge in [-0.3, -0.25) is 4.90 Å². The summed E-state index contributed by atoms with van der Waals surface area (Å²) in [5.74, 6) is 0.770. The summed E-state index contributed by atoms with van der Waals surface area (Å²) in [4.78, 5) is 2.80. The van der Waals surface area contributed by atoms with E-state index in [0.717, 1.165) is 44.2 Å². The van der Waals surface area contributed by atoms with Gasteiger partial charge in [0.1, 0.15) is 0 Å². The van der Waals surface area contributed by atoms with Crippen LogP contribution in [-0.4, -0.2) is 57.9 Å². The zero-order valence-electron chi connectivity index (χ0n) is 14.9. The number of hydrogen-bond donors (Lipinski definition) is 1. The van der Waals surface area contributed by atoms with Crippen LogP contribution in [0.1, 0.15) is 25.3 Å². The van der Waals surface area contributed by atoms with E-state index in [0.29, 0.717) is 4.90 Å². The lowest BCUT2D eigenvalue weighted by atomic mass is 9.96. The highest BCUT2D eigenvalue weighted by Crippen LogP contribution is 2.20. The molecule has 5 nitrogen and oxygen atoms in total. The quantitative estimate of drug-likeness (QED) is 0.793. The third-order valence-corrected chi connectivity index (χ3v) is 6.28. The fourth-order valence-corrected chi connectivity index (χ4v) is 3.94. The number of hydrogen-bond acceptors (Lipinski definition) is 4. The topological polar surface area (TPSA) is 52.7 Å². The van der Waals surface area contributed by atoms with Crippen molar-refractivity contribution in [3.63, 3.8) is 0 Å². The highest BCUT2D eigenvalue weighted by atomic mass is 35.5. The number of likely N-dealkylation sites (tertiary alicyclic amines) is 1. The van der Waals surface area contributed by atoms with Crippen LogP contribution in [0.3, 0.4) is 0 Å². The summed E-state index contributed by atoms with van der Waals surface area (Å²) in [6.45, 7) is 7.28. The highest BCUT2D eigenvalue weighted by molar-refractivity contribution is 7.89. The lowest BCUT2D eigenvalue weighted by Crippen LogP contribution is -2.36. The van der Waals surface area contributed by atoms with E-state index >= 15 is 0 Å². The maximum Gasteiger partial charge on any atom is 0.242 e. The van der Waals surface area contributed by atoms with Crippen LogP contribution >= 0.6 is 12.4 Å². The molecule has 138 valence electrons. The van der Waals surface area contributed by atoms with Crippen LogP contribution in [0.5, 0.6) is 0 Å². The van der Waals surface area contributed by atoms with Crippen molar-refractivity contribution in [2.45, 2.75) is 31.2 Å². The molecule has 1 saturated heterocycles. The number of halogens is 1. The molecule has 0 aliphatic carbocycles. The molecule has 1 aromatic carbocycles. The van der Waals surface area contributed by atoms with Crippen molar-refractivity contribution >= 4 is 22.4 Å². The first-order valence-electron chi connectivity index (χ1n) is 8.38. The average molecular weight is 376 g/mol. The molecule has 0 bridgehead atoms. The molecule has 0 amide bonds. The normalized spacial score (nSPS) is 17.0. The second kappa shape index (κ2) is 9.73. The van der Waals surface area contributed by atoms with Gasteiger partial charge in [0.05, 0.1) is 4.90 Å². The second-order valence-corrected chi connectivity index (χ2v) is 8.61. The summed E-state index contributed by atoms with van der Waals surface area (Å²) >= 11 is 0. The molecule has 2 rings (SSSR count). The molecule has 0 radical (unpaired) electrons. The van der Waals surface area contributed by atoms with Gasteiger partial charge >= 0.3 is 0 Å². The SMILES string of the molecule is CCNCC1CCN(Cc2cccc(S(=O)(=O)N(C)C)c2)CC1.Cl. The Balaban J connectivity index is 0.00000288. The van der Waals surface area contributed by atoms with Crippen LogP contribution in [0.15, 0.2) is 29.2 Å². The second-order valence-electron chi connectivity index (χ2n) is 6.46. The summed E-state index contributed by atoms with van der Waals surface area (Å²) < 4.78 is 25.7. The van der Waals surface area contributed by atoms with E-state index in [9.17, 15) is 8.42 Å². The first-order valence-corrected chi connectivity index (χ1v) is 9.82. The van der Waals surface area contributed by atoms with E-state index in [1.165, 1.54) is 17.1 Å². The smallest absolute Gasteiger partial charge is 0.242 e. The first kappa shape index (κ1) is 21.4. The molecule has 7 heteroatoms. The molecule has 1 aliphatic rings. The molecule has 0 atom stereocenters. The predicted octanol–water partition coefficient (Wildman–Crippen LogP) is 2.18. The molecule has 0 spiro atoms. The van der Waals surface area contributed by atoms with Gasteiger partial charge in [0, 0.05) is 20.6 Å². The summed E-state index contributed by atoms with van der Waals surface area (Å²) in [7, 11) is -0.220. The molecule has 0 unspecified atom stereocenters. The van der Waals surface area contributed by atoms with Gasteiger partial charge in [0.15, 0.2) is 0 Å². The fourth-order valence-electron chi connectivity index (χ4n) is 2.97. The fraction of sp³-hybridized carbons (Fsp3) is 0.647. The Kier molecular flexibility index (Phi) is 8.67. The third kappa shape index (κ3) is 5.70. The summed E-state index contributed by atoms with van der Waals surface area (Å²) in [5.41, 5.74) is 1.07. The molecule has 1 fully saturated rings. The van der Waals surface area contributed by atoms with Crippen molar-refractivity contribution in [1.82, 2.24) is 14.5 Å². The standard InChI is InChI=1S/C17H29N3O2S.ClH/c1-4-18-13-15-8-10-20(11-9-15)14-16-6-5-7-17(12-16)23(21,22)19(2)3;/h5-7,12,15,18H,4,8-11,13-14H2,1-3H3;1H. The summed E-state index contributed by atoms with van der Waals surface area (Å²) in [6.07, 6.45) is 2.42. The van der Waals surface area contributed by atoms with Crippen molar-refractivity contribution in [2.75, 3.05) is 40.3 Å². The van der Waals surface area contributed by atoms with Crippen molar-refractivity contribution < 1.29 is 8.42 Å². The zero-order valence-corrected chi connectivity index (χ0v) is 16.5. The minimum Gasteiger partial charge on any atom is -0.317 e. The Morgan fingerprint density at radius 2 is 1.92 bits per heavy atom. The Labute approximate surface area is 152 Å². The monoisotopic (exact) mass is 375 g/mol. The molecular formula is C17H30ClN3O2S. The Hall–Kier alpha value is -0.660. The molecule has 24 heavy (non-hydrogen) atoms. The Bertz CT molecular complexity index is 600. The third-order valence-electron chi connectivity index (χ3n) is 4.47. The van der Waals surface area contributed by atoms with Gasteiger partial charge in [0.2, 0.25) is 10.0 Å². The van der Waals surface area contributed by atoms with Crippen molar-refractivity contribution in [3.8, 4) is 0 Å². The van der Waals surface area contributed by atoms with E-state index < -0.39 is 10.0 Å². The van der Waals surface area contributed by atoms with Gasteiger partial charge in [-0.15, -0.1) is 12.4 Å². The van der Waals surface area contributed by atoms with E-state index in [4.69, 9.17) is 0 Å². The number of nitrogens with zero attached hydrogens (tertiary/aromatic N) is 2. The number of benzene rings is 1. The van der Waals surface area contributed by atoms with E-state index in [1.54, 1.807) is 26.2 Å². The number of nitrogens with one attached hydrogen (secondary N) is 1. The van der Waals surface area contributed by atoms with Crippen LogP contribution in [0.4, 0.5) is 0 Å². The van der Waals surface area contributed by atoms with Gasteiger partial charge in [-0.05, 0) is 62.6 Å². The Morgan fingerprint density at radius 1 is 1.25 bits per heavy atom. The molecule has 0 saturated carbocycles. The van der Waals surface area contributed by atoms with Crippen LogP contribution in [-0.2, 0) is 16.6 Å². The molecule has 1 N–H and O–H groups in total. The number of rotatable bonds is 7. The predicted molar refractivity (Wildman–Crippen MR) is 101 cm³/mol. The van der Waals surface area contributed by atoms with Gasteiger partial charge in [-0.1, -0.05) is 19.1 Å². The average Bonchev–Trinajstić information content (AvgIpc) is 2.54. The van der Waals surface area contributed by atoms with Crippen molar-refractivity contribution in [2.24, 2.45) is 5.92 Å². The van der Waals surface area contributed by atoms with Crippen LogP contribution < -0.4 is 5.32 Å². The van der Waals surface area contributed by atoms with E-state index in [-0.39, 0.29) is 12.4 Å². The van der Waals surface area contributed by atoms with Crippen LogP contribution in [0, 0.1) is 5.92 Å². The van der Waals surface area contributed by atoms with Gasteiger partial charge in [-0.25, -0.2) is 12.7 Å². The molecule has 1 aromatic rings. The zero-order chi connectivity index (χ0) is 16.9. The summed E-state index contributed by atoms with van der Waals surface area (Å²) in [6, 6.07) is 7.32. The molecule has 0 aromatic heterocycles. The lowest BCUT2D eigenvalue weighted by molar-refractivity contribution is 0.176. The van der Waals surface area contributed by atoms with Gasteiger partial charge in [-0.2, -0.15) is 0 Å².